The van der Waals surface area contributed by atoms with Gasteiger partial charge in [-0.25, -0.2) is 18.2 Å². The van der Waals surface area contributed by atoms with E-state index in [9.17, 15) is 17.6 Å². The monoisotopic (exact) mass is 637 g/mol. The lowest BCUT2D eigenvalue weighted by Crippen LogP contribution is -2.31. The Morgan fingerprint density at radius 1 is 0.935 bits per heavy atom. The number of hydrogen-bond acceptors (Lipinski definition) is 4. The first-order chi connectivity index (χ1) is 21.6. The number of likely N-dealkylation sites (N-methyl/N-ethyl adjacent to an activating group) is 1. The molecule has 0 fully saturated rings. The molecule has 0 unspecified atom stereocenters. The van der Waals surface area contributed by atoms with Crippen molar-refractivity contribution in [2.24, 2.45) is 9.98 Å². The molecule has 0 aliphatic rings. The summed E-state index contributed by atoms with van der Waals surface area (Å²) in [4.78, 5) is 19.4. The minimum Gasteiger partial charge on any atom is -0.329 e. The van der Waals surface area contributed by atoms with Gasteiger partial charge in [0, 0.05) is 53.5 Å². The van der Waals surface area contributed by atoms with Crippen LogP contribution in [-0.4, -0.2) is 38.5 Å². The van der Waals surface area contributed by atoms with Crippen molar-refractivity contribution in [3.8, 4) is 11.3 Å². The van der Waals surface area contributed by atoms with Gasteiger partial charge in [0.2, 0.25) is 5.95 Å². The van der Waals surface area contributed by atoms with Crippen LogP contribution in [0.3, 0.4) is 0 Å². The van der Waals surface area contributed by atoms with Crippen molar-refractivity contribution in [2.75, 3.05) is 6.54 Å². The third-order valence-corrected chi connectivity index (χ3v) is 6.83. The van der Waals surface area contributed by atoms with Gasteiger partial charge >= 0.3 is 0 Å². The molecule has 9 heteroatoms. The van der Waals surface area contributed by atoms with Gasteiger partial charge < -0.3 is 4.90 Å². The van der Waals surface area contributed by atoms with Gasteiger partial charge in [0.15, 0.2) is 0 Å². The summed E-state index contributed by atoms with van der Waals surface area (Å²) < 4.78 is 53.0. The normalized spacial score (nSPS) is 11.4. The molecule has 0 radical (unpaired) electrons. The lowest BCUT2D eigenvalue weighted by Gasteiger charge is -2.29. The molecule has 0 atom stereocenters. The van der Waals surface area contributed by atoms with Crippen molar-refractivity contribution in [3.63, 3.8) is 0 Å². The predicted molar refractivity (Wildman–Crippen MR) is 185 cm³/mol. The highest BCUT2D eigenvalue weighted by molar-refractivity contribution is 5.99. The van der Waals surface area contributed by atoms with Crippen molar-refractivity contribution in [2.45, 2.75) is 81.2 Å². The van der Waals surface area contributed by atoms with Crippen LogP contribution in [0, 0.1) is 23.4 Å². The van der Waals surface area contributed by atoms with Crippen LogP contribution in [0.4, 0.5) is 17.6 Å². The number of pyridine rings is 2. The highest BCUT2D eigenvalue weighted by Crippen LogP contribution is 2.25. The van der Waals surface area contributed by atoms with Gasteiger partial charge in [0.05, 0.1) is 16.9 Å². The SMILES string of the molecule is C=C(C(N=C(C)c1cnc(-c2ccnc(F)c2)c(F)c1)=C(C)C)N(CC)C(C)=NC(C)(C)CC.C=Cc1ccc(F)cc1F.CC. The summed E-state index contributed by atoms with van der Waals surface area (Å²) in [6, 6.07) is 7.40. The zero-order valence-corrected chi connectivity index (χ0v) is 28.8. The molecule has 0 aliphatic heterocycles. The van der Waals surface area contributed by atoms with Gasteiger partial charge in [-0.1, -0.05) is 40.0 Å². The molecule has 0 saturated heterocycles. The second kappa shape index (κ2) is 18.5. The number of halogens is 4. The Labute approximate surface area is 272 Å². The Kier molecular flexibility index (Phi) is 16.0. The first kappa shape index (κ1) is 39.6. The predicted octanol–water partition coefficient (Wildman–Crippen LogP) is 10.6. The third kappa shape index (κ3) is 11.5. The van der Waals surface area contributed by atoms with Crippen LogP contribution in [0.5, 0.6) is 0 Å². The van der Waals surface area contributed by atoms with E-state index in [4.69, 9.17) is 9.98 Å². The van der Waals surface area contributed by atoms with E-state index in [-0.39, 0.29) is 11.2 Å². The van der Waals surface area contributed by atoms with E-state index in [0.29, 0.717) is 34.6 Å². The number of benzene rings is 1. The molecule has 0 amide bonds. The molecule has 0 spiro atoms. The maximum absolute atomic E-state index is 14.8. The van der Waals surface area contributed by atoms with Crippen molar-refractivity contribution in [1.29, 1.82) is 0 Å². The van der Waals surface area contributed by atoms with Crippen LogP contribution in [0.25, 0.3) is 17.3 Å². The molecular formula is C37H47F4N5. The van der Waals surface area contributed by atoms with Crippen molar-refractivity contribution < 1.29 is 17.6 Å². The number of amidine groups is 1. The second-order valence-electron chi connectivity index (χ2n) is 10.9. The Balaban J connectivity index is 0.000000740. The van der Waals surface area contributed by atoms with Gasteiger partial charge in [-0.05, 0) is 84.7 Å². The highest BCUT2D eigenvalue weighted by Gasteiger charge is 2.19. The van der Waals surface area contributed by atoms with Crippen LogP contribution in [0.1, 0.15) is 86.8 Å². The first-order valence-corrected chi connectivity index (χ1v) is 15.2. The molecule has 3 aromatic rings. The molecule has 0 saturated carbocycles. The number of rotatable bonds is 9. The van der Waals surface area contributed by atoms with E-state index < -0.39 is 23.4 Å². The van der Waals surface area contributed by atoms with E-state index in [1.54, 1.807) is 6.92 Å². The molecule has 5 nitrogen and oxygen atoms in total. The first-order valence-electron chi connectivity index (χ1n) is 15.2. The summed E-state index contributed by atoms with van der Waals surface area (Å²) in [5, 5.41) is 0. The summed E-state index contributed by atoms with van der Waals surface area (Å²) >= 11 is 0. The van der Waals surface area contributed by atoms with Gasteiger partial charge in [0.1, 0.15) is 29.0 Å². The molecule has 248 valence electrons. The van der Waals surface area contributed by atoms with Crippen molar-refractivity contribution >= 4 is 17.6 Å². The molecule has 0 bridgehead atoms. The molecule has 1 aromatic carbocycles. The van der Waals surface area contributed by atoms with E-state index in [0.717, 1.165) is 35.7 Å². The number of nitrogens with zero attached hydrogens (tertiary/aromatic N) is 5. The van der Waals surface area contributed by atoms with E-state index in [1.807, 2.05) is 46.4 Å². The highest BCUT2D eigenvalue weighted by atomic mass is 19.1. The average molecular weight is 638 g/mol. The Morgan fingerprint density at radius 3 is 2.09 bits per heavy atom. The maximum Gasteiger partial charge on any atom is 0.213 e. The van der Waals surface area contributed by atoms with Gasteiger partial charge in [-0.3, -0.25) is 15.0 Å². The van der Waals surface area contributed by atoms with Crippen LogP contribution < -0.4 is 0 Å². The van der Waals surface area contributed by atoms with Gasteiger partial charge in [-0.15, -0.1) is 0 Å². The number of hydrogen-bond donors (Lipinski definition) is 0. The summed E-state index contributed by atoms with van der Waals surface area (Å²) in [6.07, 6.45) is 5.08. The smallest absolute Gasteiger partial charge is 0.213 e. The zero-order chi connectivity index (χ0) is 35.2. The Bertz CT molecular complexity index is 1580. The van der Waals surface area contributed by atoms with Crippen molar-refractivity contribution in [3.05, 3.63) is 113 Å². The lowest BCUT2D eigenvalue weighted by atomic mass is 10.0. The standard InChI is InChI=1S/C27H35F2N5.C8H6F2.C2H6/c1-10-27(8,9)33-20(7)34(11-2)19(6)25(17(3)4)32-18(5)22-14-23(28)26(31-16-22)21-12-13-30-24(29)15-21;1-2-6-3-4-7(9)5-8(6)10;1-2/h12-16H,6,10-11H2,1-5,7-9H3;2-5H,1H2;1-2H3. The average Bonchev–Trinajstić information content (AvgIpc) is 3.01. The minimum absolute atomic E-state index is 0.0623. The summed E-state index contributed by atoms with van der Waals surface area (Å²) in [7, 11) is 0. The summed E-state index contributed by atoms with van der Waals surface area (Å²) in [5.41, 5.74) is 4.07. The molecule has 3 rings (SSSR count). The molecule has 2 heterocycles. The Hall–Kier alpha value is -4.40. The van der Waals surface area contributed by atoms with Crippen LogP contribution >= 0.6 is 0 Å². The number of allylic oxidation sites excluding steroid dienone is 1. The summed E-state index contributed by atoms with van der Waals surface area (Å²) in [5.74, 6) is -1.52. The summed E-state index contributed by atoms with van der Waals surface area (Å²) in [6.45, 7) is 28.4. The van der Waals surface area contributed by atoms with Gasteiger partial charge in [-0.2, -0.15) is 4.39 Å². The molecular weight excluding hydrogens is 590 g/mol. The molecule has 0 N–H and O–H groups in total. The van der Waals surface area contributed by atoms with Crippen LogP contribution in [0.2, 0.25) is 0 Å². The van der Waals surface area contributed by atoms with Gasteiger partial charge in [0.25, 0.3) is 0 Å². The number of aromatic nitrogens is 2. The maximum atomic E-state index is 14.8. The lowest BCUT2D eigenvalue weighted by molar-refractivity contribution is 0.476. The van der Waals surface area contributed by atoms with E-state index >= 15 is 0 Å². The largest absolute Gasteiger partial charge is 0.329 e. The minimum atomic E-state index is -0.686. The Morgan fingerprint density at radius 2 is 1.59 bits per heavy atom. The van der Waals surface area contributed by atoms with E-state index in [1.165, 1.54) is 42.7 Å². The number of aliphatic imine (C=N–C) groups is 2. The zero-order valence-electron chi connectivity index (χ0n) is 28.8. The van der Waals surface area contributed by atoms with Crippen molar-refractivity contribution in [1.82, 2.24) is 14.9 Å². The van der Waals surface area contributed by atoms with E-state index in [2.05, 4.69) is 43.9 Å². The fourth-order valence-electron chi connectivity index (χ4n) is 4.08. The fraction of sp³-hybridized carbons (Fsp3) is 0.351. The molecule has 46 heavy (non-hydrogen) atoms. The fourth-order valence-corrected chi connectivity index (χ4v) is 4.08. The van der Waals surface area contributed by atoms with Crippen LogP contribution in [0.15, 0.2) is 88.9 Å². The molecule has 0 aliphatic carbocycles. The van der Waals surface area contributed by atoms with Crippen LogP contribution in [-0.2, 0) is 0 Å². The third-order valence-electron chi connectivity index (χ3n) is 6.83. The molecule has 2 aromatic heterocycles. The topological polar surface area (TPSA) is 53.7 Å². The second-order valence-corrected chi connectivity index (χ2v) is 10.9. The quantitative estimate of drug-likeness (QED) is 0.0771.